The normalized spacial score (nSPS) is 17.7. The van der Waals surface area contributed by atoms with Crippen LogP contribution >= 0.6 is 0 Å². The fourth-order valence-corrected chi connectivity index (χ4v) is 2.00. The van der Waals surface area contributed by atoms with Gasteiger partial charge in [-0.2, -0.15) is 0 Å². The molecule has 0 aliphatic heterocycles. The number of primary amides is 1. The van der Waals surface area contributed by atoms with Crippen molar-refractivity contribution in [1.82, 2.24) is 5.32 Å². The number of ether oxygens (including phenoxy) is 2. The molecule has 19 heavy (non-hydrogen) atoms. The highest BCUT2D eigenvalue weighted by atomic mass is 16.5. The van der Waals surface area contributed by atoms with E-state index < -0.39 is 5.54 Å². The van der Waals surface area contributed by atoms with Gasteiger partial charge >= 0.3 is 0 Å². The van der Waals surface area contributed by atoms with Gasteiger partial charge in [0.05, 0.1) is 24.4 Å². The Bertz CT molecular complexity index is 261. The number of nitrogens with one attached hydrogen (secondary N) is 1. The highest BCUT2D eigenvalue weighted by Gasteiger charge is 2.32. The Balaban J connectivity index is 4.30. The molecule has 0 rings (SSSR count). The Morgan fingerprint density at radius 1 is 1.32 bits per heavy atom. The number of amides is 1. The molecule has 0 spiro atoms. The van der Waals surface area contributed by atoms with Crippen LogP contribution < -0.4 is 11.1 Å². The Hall–Kier alpha value is -0.650. The van der Waals surface area contributed by atoms with E-state index in [0.29, 0.717) is 19.6 Å². The molecule has 0 aliphatic rings. The van der Waals surface area contributed by atoms with Crippen LogP contribution in [0.25, 0.3) is 0 Å². The molecular weight excluding hydrogens is 244 g/mol. The van der Waals surface area contributed by atoms with Gasteiger partial charge < -0.3 is 20.5 Å². The van der Waals surface area contributed by atoms with Gasteiger partial charge in [0.25, 0.3) is 0 Å². The molecule has 0 heterocycles. The standard InChI is InChI=1S/C14H30N2O3/c1-6-8-16-14(5,13(15)17)9-11(3)19-12(4)10-18-7-2/h11-12,16H,6-10H2,1-5H3,(H2,15,17). The van der Waals surface area contributed by atoms with Crippen molar-refractivity contribution in [3.63, 3.8) is 0 Å². The average molecular weight is 274 g/mol. The highest BCUT2D eigenvalue weighted by Crippen LogP contribution is 2.16. The minimum absolute atomic E-state index is 0.0123. The van der Waals surface area contributed by atoms with E-state index in [1.165, 1.54) is 0 Å². The highest BCUT2D eigenvalue weighted by molar-refractivity contribution is 5.84. The molecule has 0 saturated carbocycles. The Morgan fingerprint density at radius 3 is 2.42 bits per heavy atom. The van der Waals surface area contributed by atoms with E-state index in [2.05, 4.69) is 12.2 Å². The third-order valence-corrected chi connectivity index (χ3v) is 3.03. The van der Waals surface area contributed by atoms with Crippen molar-refractivity contribution in [2.45, 2.75) is 65.2 Å². The van der Waals surface area contributed by atoms with Gasteiger partial charge in [-0.25, -0.2) is 0 Å². The van der Waals surface area contributed by atoms with Crippen LogP contribution in [0, 0.1) is 0 Å². The molecule has 5 heteroatoms. The van der Waals surface area contributed by atoms with Crippen LogP contribution in [0.4, 0.5) is 0 Å². The van der Waals surface area contributed by atoms with Crippen molar-refractivity contribution in [2.24, 2.45) is 5.73 Å². The number of nitrogens with two attached hydrogens (primary N) is 1. The molecule has 3 atom stereocenters. The zero-order valence-electron chi connectivity index (χ0n) is 13.0. The maximum Gasteiger partial charge on any atom is 0.237 e. The molecule has 1 amide bonds. The predicted octanol–water partition coefficient (Wildman–Crippen LogP) is 1.45. The maximum atomic E-state index is 11.6. The van der Waals surface area contributed by atoms with Crippen molar-refractivity contribution in [3.8, 4) is 0 Å². The Labute approximate surface area is 117 Å². The molecular formula is C14H30N2O3. The third kappa shape index (κ3) is 7.50. The smallest absolute Gasteiger partial charge is 0.237 e. The van der Waals surface area contributed by atoms with E-state index >= 15 is 0 Å². The predicted molar refractivity (Wildman–Crippen MR) is 77.0 cm³/mol. The minimum atomic E-state index is -0.721. The van der Waals surface area contributed by atoms with Crippen LogP contribution in [0.2, 0.25) is 0 Å². The summed E-state index contributed by atoms with van der Waals surface area (Å²) >= 11 is 0. The average Bonchev–Trinajstić information content (AvgIpc) is 2.33. The summed E-state index contributed by atoms with van der Waals surface area (Å²) in [5.41, 5.74) is 4.77. The number of carbonyl (C=O) groups is 1. The molecule has 0 fully saturated rings. The van der Waals surface area contributed by atoms with Gasteiger partial charge in [-0.15, -0.1) is 0 Å². The van der Waals surface area contributed by atoms with E-state index in [0.717, 1.165) is 13.0 Å². The molecule has 0 saturated heterocycles. The first-order valence-electron chi connectivity index (χ1n) is 7.13. The van der Waals surface area contributed by atoms with E-state index in [-0.39, 0.29) is 18.1 Å². The summed E-state index contributed by atoms with van der Waals surface area (Å²) in [4.78, 5) is 11.6. The number of rotatable bonds is 11. The summed E-state index contributed by atoms with van der Waals surface area (Å²) in [6.07, 6.45) is 1.47. The molecule has 0 aliphatic carbocycles. The Kier molecular flexibility index (Phi) is 8.97. The van der Waals surface area contributed by atoms with Gasteiger partial charge in [0.2, 0.25) is 5.91 Å². The van der Waals surface area contributed by atoms with E-state index in [1.807, 2.05) is 27.7 Å². The third-order valence-electron chi connectivity index (χ3n) is 3.03. The molecule has 3 N–H and O–H groups in total. The van der Waals surface area contributed by atoms with Crippen molar-refractivity contribution in [2.75, 3.05) is 19.8 Å². The lowest BCUT2D eigenvalue weighted by Crippen LogP contribution is -2.55. The van der Waals surface area contributed by atoms with Crippen LogP contribution in [0.3, 0.4) is 0 Å². The fraction of sp³-hybridized carbons (Fsp3) is 0.929. The van der Waals surface area contributed by atoms with E-state index in [1.54, 1.807) is 0 Å². The summed E-state index contributed by atoms with van der Waals surface area (Å²) in [6, 6.07) is 0. The van der Waals surface area contributed by atoms with Crippen LogP contribution in [0.5, 0.6) is 0 Å². The van der Waals surface area contributed by atoms with Crippen LogP contribution in [0.15, 0.2) is 0 Å². The van der Waals surface area contributed by atoms with Gasteiger partial charge in [0, 0.05) is 13.0 Å². The van der Waals surface area contributed by atoms with Crippen molar-refractivity contribution < 1.29 is 14.3 Å². The van der Waals surface area contributed by atoms with Gasteiger partial charge in [0.1, 0.15) is 0 Å². The quantitative estimate of drug-likeness (QED) is 0.598. The number of hydrogen-bond donors (Lipinski definition) is 2. The van der Waals surface area contributed by atoms with Gasteiger partial charge in [-0.3, -0.25) is 4.79 Å². The topological polar surface area (TPSA) is 73.6 Å². The number of hydrogen-bond acceptors (Lipinski definition) is 4. The first kappa shape index (κ1) is 18.4. The zero-order chi connectivity index (χ0) is 14.9. The first-order chi connectivity index (χ1) is 8.85. The molecule has 0 radical (unpaired) electrons. The monoisotopic (exact) mass is 274 g/mol. The van der Waals surface area contributed by atoms with Crippen molar-refractivity contribution >= 4 is 5.91 Å². The van der Waals surface area contributed by atoms with Crippen molar-refractivity contribution in [3.05, 3.63) is 0 Å². The molecule has 5 nitrogen and oxygen atoms in total. The molecule has 0 bridgehead atoms. The summed E-state index contributed by atoms with van der Waals surface area (Å²) in [7, 11) is 0. The minimum Gasteiger partial charge on any atom is -0.379 e. The molecule has 114 valence electrons. The largest absolute Gasteiger partial charge is 0.379 e. The zero-order valence-corrected chi connectivity index (χ0v) is 13.0. The molecule has 3 unspecified atom stereocenters. The first-order valence-corrected chi connectivity index (χ1v) is 7.13. The molecule has 0 aromatic rings. The summed E-state index contributed by atoms with van der Waals surface area (Å²) in [6.45, 7) is 11.8. The van der Waals surface area contributed by atoms with Crippen LogP contribution in [0.1, 0.15) is 47.5 Å². The van der Waals surface area contributed by atoms with Gasteiger partial charge in [-0.1, -0.05) is 6.92 Å². The molecule has 0 aromatic heterocycles. The van der Waals surface area contributed by atoms with Gasteiger partial charge in [0.15, 0.2) is 0 Å². The maximum absolute atomic E-state index is 11.6. The van der Waals surface area contributed by atoms with Crippen LogP contribution in [-0.2, 0) is 14.3 Å². The summed E-state index contributed by atoms with van der Waals surface area (Å²) in [5, 5.41) is 3.21. The second kappa shape index (κ2) is 9.28. The van der Waals surface area contributed by atoms with Crippen molar-refractivity contribution in [1.29, 1.82) is 0 Å². The lowest BCUT2D eigenvalue weighted by atomic mass is 9.93. The van der Waals surface area contributed by atoms with E-state index in [9.17, 15) is 4.79 Å². The SMILES string of the molecule is CCCNC(C)(CC(C)OC(C)COCC)C(N)=O. The lowest BCUT2D eigenvalue weighted by molar-refractivity contribution is -0.126. The second-order valence-corrected chi connectivity index (χ2v) is 5.24. The summed E-state index contributed by atoms with van der Waals surface area (Å²) < 4.78 is 11.1. The second-order valence-electron chi connectivity index (χ2n) is 5.24. The fourth-order valence-electron chi connectivity index (χ4n) is 2.00. The summed E-state index contributed by atoms with van der Waals surface area (Å²) in [5.74, 6) is -0.339. The van der Waals surface area contributed by atoms with Gasteiger partial charge in [-0.05, 0) is 40.7 Å². The number of carbonyl (C=O) groups excluding carboxylic acids is 1. The Morgan fingerprint density at radius 2 is 1.95 bits per heavy atom. The van der Waals surface area contributed by atoms with E-state index in [4.69, 9.17) is 15.2 Å². The van der Waals surface area contributed by atoms with Crippen LogP contribution in [-0.4, -0.2) is 43.4 Å². The molecule has 0 aromatic carbocycles. The lowest BCUT2D eigenvalue weighted by Gasteiger charge is -2.31.